The van der Waals surface area contributed by atoms with Crippen LogP contribution in [0.5, 0.6) is 0 Å². The predicted molar refractivity (Wildman–Crippen MR) is 63.8 cm³/mol. The van der Waals surface area contributed by atoms with Crippen LogP contribution < -0.4 is 5.32 Å². The lowest BCUT2D eigenvalue weighted by Crippen LogP contribution is -2.38. The van der Waals surface area contributed by atoms with Crippen LogP contribution in [-0.4, -0.2) is 25.0 Å². The third kappa shape index (κ3) is 3.21. The summed E-state index contributed by atoms with van der Waals surface area (Å²) in [7, 11) is -3.83. The summed E-state index contributed by atoms with van der Waals surface area (Å²) in [5.41, 5.74) is 0. The van der Waals surface area contributed by atoms with E-state index < -0.39 is 21.3 Å². The van der Waals surface area contributed by atoms with E-state index >= 15 is 0 Å². The van der Waals surface area contributed by atoms with Crippen molar-refractivity contribution in [3.63, 3.8) is 0 Å². The van der Waals surface area contributed by atoms with Crippen LogP contribution in [0, 0.1) is 0 Å². The van der Waals surface area contributed by atoms with Crippen LogP contribution in [0.4, 0.5) is 4.79 Å². The highest BCUT2D eigenvalue weighted by atomic mass is 35.5. The zero-order valence-corrected chi connectivity index (χ0v) is 10.2. The van der Waals surface area contributed by atoms with Crippen LogP contribution in [0.3, 0.4) is 0 Å². The maximum Gasteiger partial charge on any atom is 0.405 e. The fourth-order valence-corrected chi connectivity index (χ4v) is 2.60. The van der Waals surface area contributed by atoms with Crippen LogP contribution in [0.15, 0.2) is 41.8 Å². The average molecular weight is 276 g/mol. The minimum atomic E-state index is -3.83. The van der Waals surface area contributed by atoms with Gasteiger partial charge >= 0.3 is 6.09 Å². The molecule has 0 aliphatic carbocycles. The van der Waals surface area contributed by atoms with Gasteiger partial charge in [-0.15, -0.1) is 0 Å². The molecule has 1 rings (SSSR count). The first-order valence-electron chi connectivity index (χ1n) is 4.49. The molecule has 92 valence electrons. The van der Waals surface area contributed by atoms with Crippen molar-refractivity contribution >= 4 is 27.5 Å². The molecule has 0 bridgehead atoms. The summed E-state index contributed by atoms with van der Waals surface area (Å²) in [6.07, 6.45) is -0.426. The molecule has 1 aromatic rings. The molecule has 1 aromatic carbocycles. The number of hydrogen-bond acceptors (Lipinski definition) is 3. The fourth-order valence-electron chi connectivity index (χ4n) is 1.16. The first-order valence-corrected chi connectivity index (χ1v) is 6.42. The smallest absolute Gasteiger partial charge is 0.405 e. The molecule has 0 radical (unpaired) electrons. The van der Waals surface area contributed by atoms with E-state index in [2.05, 4.69) is 6.58 Å². The molecule has 7 heteroatoms. The molecule has 17 heavy (non-hydrogen) atoms. The first-order chi connectivity index (χ1) is 7.87. The molecule has 0 saturated heterocycles. The van der Waals surface area contributed by atoms with Crippen LogP contribution >= 0.6 is 11.6 Å². The topological polar surface area (TPSA) is 83.5 Å². The zero-order chi connectivity index (χ0) is 13.1. The molecule has 1 amide bonds. The lowest BCUT2D eigenvalue weighted by atomic mass is 10.4. The minimum absolute atomic E-state index is 0.0273. The lowest BCUT2D eigenvalue weighted by molar-refractivity contribution is 0.194. The maximum absolute atomic E-state index is 12.0. The molecule has 1 unspecified atom stereocenters. The number of carbonyl (C=O) groups is 1. The number of halogens is 1. The van der Waals surface area contributed by atoms with Crippen LogP contribution in [0.1, 0.15) is 0 Å². The van der Waals surface area contributed by atoms with E-state index in [4.69, 9.17) is 16.7 Å². The summed E-state index contributed by atoms with van der Waals surface area (Å²) in [6.45, 7) is 3.29. The van der Waals surface area contributed by atoms with Gasteiger partial charge in [0.15, 0.2) is 5.37 Å². The van der Waals surface area contributed by atoms with Gasteiger partial charge in [0.25, 0.3) is 0 Å². The molecule has 0 heterocycles. The van der Waals surface area contributed by atoms with Crippen molar-refractivity contribution in [1.82, 2.24) is 5.32 Å². The molecule has 2 N–H and O–H groups in total. The highest BCUT2D eigenvalue weighted by Crippen LogP contribution is 2.18. The summed E-state index contributed by atoms with van der Waals surface area (Å²) in [5, 5.41) is 9.39. The summed E-state index contributed by atoms with van der Waals surface area (Å²) >= 11 is 5.63. The normalized spacial score (nSPS) is 12.8. The van der Waals surface area contributed by atoms with E-state index in [0.29, 0.717) is 5.02 Å². The number of sulfone groups is 1. The van der Waals surface area contributed by atoms with E-state index in [9.17, 15) is 13.2 Å². The molecule has 0 saturated carbocycles. The Bertz CT molecular complexity index is 524. The van der Waals surface area contributed by atoms with Gasteiger partial charge in [0, 0.05) is 5.02 Å². The second kappa shape index (κ2) is 5.20. The average Bonchev–Trinajstić information content (AvgIpc) is 2.26. The molecule has 0 aromatic heterocycles. The van der Waals surface area contributed by atoms with Crippen molar-refractivity contribution in [3.05, 3.63) is 41.9 Å². The molecule has 0 aliphatic heterocycles. The summed E-state index contributed by atoms with van der Waals surface area (Å²) in [4.78, 5) is 10.4. The van der Waals surface area contributed by atoms with Crippen molar-refractivity contribution in [2.24, 2.45) is 0 Å². The molecular formula is C10H10ClNO4S. The van der Waals surface area contributed by atoms with Gasteiger partial charge in [0.2, 0.25) is 9.84 Å². The van der Waals surface area contributed by atoms with Gasteiger partial charge in [-0.3, -0.25) is 0 Å². The summed E-state index contributed by atoms with van der Waals surface area (Å²) < 4.78 is 23.9. The van der Waals surface area contributed by atoms with Crippen molar-refractivity contribution in [1.29, 1.82) is 0 Å². The molecule has 0 aliphatic rings. The number of carboxylic acid groups (broad SMARTS) is 1. The minimum Gasteiger partial charge on any atom is -0.465 e. The Kier molecular flexibility index (Phi) is 4.14. The lowest BCUT2D eigenvalue weighted by Gasteiger charge is -2.13. The van der Waals surface area contributed by atoms with Crippen molar-refractivity contribution in [2.45, 2.75) is 10.3 Å². The Labute approximate surface area is 104 Å². The number of nitrogens with one attached hydrogen (secondary N) is 1. The molecule has 5 nitrogen and oxygen atoms in total. The second-order valence-corrected chi connectivity index (χ2v) is 5.61. The van der Waals surface area contributed by atoms with Gasteiger partial charge in [-0.2, -0.15) is 0 Å². The number of hydrogen-bond donors (Lipinski definition) is 2. The van der Waals surface area contributed by atoms with Gasteiger partial charge in [0.05, 0.1) is 4.90 Å². The number of benzene rings is 1. The fraction of sp³-hybridized carbons (Fsp3) is 0.100. The Hall–Kier alpha value is -1.53. The zero-order valence-electron chi connectivity index (χ0n) is 8.63. The third-order valence-corrected chi connectivity index (χ3v) is 4.12. The van der Waals surface area contributed by atoms with Crippen molar-refractivity contribution in [3.8, 4) is 0 Å². The van der Waals surface area contributed by atoms with E-state index in [1.54, 1.807) is 0 Å². The van der Waals surface area contributed by atoms with E-state index in [0.717, 1.165) is 6.08 Å². The van der Waals surface area contributed by atoms with Crippen LogP contribution in [-0.2, 0) is 9.84 Å². The number of rotatable bonds is 4. The maximum atomic E-state index is 12.0. The highest BCUT2D eigenvalue weighted by molar-refractivity contribution is 7.92. The van der Waals surface area contributed by atoms with Gasteiger partial charge < -0.3 is 10.4 Å². The van der Waals surface area contributed by atoms with Crippen molar-refractivity contribution < 1.29 is 18.3 Å². The summed E-state index contributed by atoms with van der Waals surface area (Å²) in [5.74, 6) is 0. The van der Waals surface area contributed by atoms with Gasteiger partial charge in [0.1, 0.15) is 0 Å². The Morgan fingerprint density at radius 3 is 2.35 bits per heavy atom. The van der Waals surface area contributed by atoms with Crippen LogP contribution in [0.2, 0.25) is 5.02 Å². The largest absolute Gasteiger partial charge is 0.465 e. The molecule has 1 atom stereocenters. The first kappa shape index (κ1) is 13.5. The predicted octanol–water partition coefficient (Wildman–Crippen LogP) is 1.89. The van der Waals surface area contributed by atoms with E-state index in [-0.39, 0.29) is 4.90 Å². The third-order valence-electron chi connectivity index (χ3n) is 1.96. The second-order valence-electron chi connectivity index (χ2n) is 3.10. The highest BCUT2D eigenvalue weighted by Gasteiger charge is 2.26. The summed E-state index contributed by atoms with van der Waals surface area (Å²) in [6, 6.07) is 5.43. The Balaban J connectivity index is 3.12. The van der Waals surface area contributed by atoms with Gasteiger partial charge in [-0.1, -0.05) is 24.3 Å². The van der Waals surface area contributed by atoms with E-state index in [1.807, 2.05) is 5.32 Å². The molecular weight excluding hydrogens is 266 g/mol. The van der Waals surface area contributed by atoms with Gasteiger partial charge in [-0.05, 0) is 24.3 Å². The van der Waals surface area contributed by atoms with E-state index in [1.165, 1.54) is 24.3 Å². The van der Waals surface area contributed by atoms with Crippen LogP contribution in [0.25, 0.3) is 0 Å². The molecule has 0 spiro atoms. The standard InChI is InChI=1S/C10H10ClNO4S/c1-2-9(12-10(13)14)17(15,16)8-5-3-7(11)4-6-8/h2-6,9,12H,1H2,(H,13,14). The quantitative estimate of drug-likeness (QED) is 0.822. The van der Waals surface area contributed by atoms with Gasteiger partial charge in [-0.25, -0.2) is 13.2 Å². The SMILES string of the molecule is C=CC(NC(=O)O)S(=O)(=O)c1ccc(Cl)cc1. The Morgan fingerprint density at radius 1 is 1.41 bits per heavy atom. The Morgan fingerprint density at radius 2 is 1.94 bits per heavy atom. The van der Waals surface area contributed by atoms with Crippen molar-refractivity contribution in [2.75, 3.05) is 0 Å². The number of amides is 1. The molecule has 0 fully saturated rings. The monoisotopic (exact) mass is 275 g/mol.